The van der Waals surface area contributed by atoms with Crippen LogP contribution in [0.3, 0.4) is 0 Å². The van der Waals surface area contributed by atoms with Crippen LogP contribution in [-0.4, -0.2) is 43.1 Å². The zero-order valence-corrected chi connectivity index (χ0v) is 24.3. The highest BCUT2D eigenvalue weighted by Gasteiger charge is 2.26. The number of hydrogen-bond donors (Lipinski definition) is 2. The van der Waals surface area contributed by atoms with Gasteiger partial charge >= 0.3 is 6.09 Å². The smallest absolute Gasteiger partial charge is 0.410 e. The summed E-state index contributed by atoms with van der Waals surface area (Å²) in [7, 11) is 0. The maximum Gasteiger partial charge on any atom is 0.410 e. The summed E-state index contributed by atoms with van der Waals surface area (Å²) in [5, 5.41) is 4.25. The minimum atomic E-state index is -0.534. The van der Waals surface area contributed by atoms with Gasteiger partial charge in [0.2, 0.25) is 0 Å². The van der Waals surface area contributed by atoms with Gasteiger partial charge in [-0.25, -0.2) is 14.8 Å². The van der Waals surface area contributed by atoms with Gasteiger partial charge in [0.05, 0.1) is 17.6 Å². The Morgan fingerprint density at radius 3 is 2.69 bits per heavy atom. The first-order valence-electron chi connectivity index (χ1n) is 14.1. The van der Waals surface area contributed by atoms with Gasteiger partial charge in [-0.3, -0.25) is 4.98 Å². The third kappa shape index (κ3) is 6.05. The van der Waals surface area contributed by atoms with Crippen molar-refractivity contribution in [2.45, 2.75) is 52.8 Å². The molecule has 0 saturated heterocycles. The Bertz CT molecular complexity index is 1740. The second-order valence-corrected chi connectivity index (χ2v) is 11.5. The van der Waals surface area contributed by atoms with Crippen LogP contribution in [0.15, 0.2) is 73.3 Å². The molecule has 5 aromatic rings. The summed E-state index contributed by atoms with van der Waals surface area (Å²) in [5.74, 6) is 2.13. The first-order valence-corrected chi connectivity index (χ1v) is 14.1. The van der Waals surface area contributed by atoms with Crippen LogP contribution in [-0.2, 0) is 24.2 Å². The number of anilines is 1. The molecule has 9 heteroatoms. The Labute approximate surface area is 244 Å². The molecule has 1 aromatic carbocycles. The molecule has 42 heavy (non-hydrogen) atoms. The topological polar surface area (TPSA) is 105 Å². The highest BCUT2D eigenvalue weighted by atomic mass is 16.6. The summed E-state index contributed by atoms with van der Waals surface area (Å²) in [6, 6.07) is 16.0. The number of pyridine rings is 3. The molecule has 1 amide bonds. The van der Waals surface area contributed by atoms with Crippen LogP contribution in [0.2, 0.25) is 0 Å². The van der Waals surface area contributed by atoms with Gasteiger partial charge in [-0.15, -0.1) is 0 Å². The molecule has 1 aliphatic rings. The van der Waals surface area contributed by atoms with Gasteiger partial charge in [0.15, 0.2) is 0 Å². The van der Waals surface area contributed by atoms with E-state index in [0.29, 0.717) is 31.1 Å². The lowest BCUT2D eigenvalue weighted by Gasteiger charge is -2.31. The fourth-order valence-corrected chi connectivity index (χ4v) is 5.02. The van der Waals surface area contributed by atoms with Crippen molar-refractivity contribution in [2.24, 2.45) is 0 Å². The highest BCUT2D eigenvalue weighted by molar-refractivity contribution is 5.98. The summed E-state index contributed by atoms with van der Waals surface area (Å²) in [6.07, 6.45) is 7.80. The number of nitrogens with zero attached hydrogens (tertiary/aromatic N) is 4. The monoisotopic (exact) mass is 562 g/mol. The average Bonchev–Trinajstić information content (AvgIpc) is 3.41. The van der Waals surface area contributed by atoms with Crippen LogP contribution in [0.5, 0.6) is 11.5 Å². The van der Waals surface area contributed by atoms with E-state index in [0.717, 1.165) is 51.2 Å². The molecular weight excluding hydrogens is 528 g/mol. The van der Waals surface area contributed by atoms with Crippen molar-refractivity contribution in [1.82, 2.24) is 24.8 Å². The summed E-state index contributed by atoms with van der Waals surface area (Å²) < 4.78 is 12.1. The highest BCUT2D eigenvalue weighted by Crippen LogP contribution is 2.38. The molecule has 1 aliphatic heterocycles. The van der Waals surface area contributed by atoms with E-state index in [1.165, 1.54) is 5.56 Å². The molecule has 4 aromatic heterocycles. The number of aromatic amines is 1. The van der Waals surface area contributed by atoms with Crippen molar-refractivity contribution in [2.75, 3.05) is 11.9 Å². The van der Waals surface area contributed by atoms with E-state index < -0.39 is 5.60 Å². The number of fused-ring (bicyclic) bond motifs is 2. The predicted octanol–water partition coefficient (Wildman–Crippen LogP) is 7.03. The molecule has 0 atom stereocenters. The van der Waals surface area contributed by atoms with Crippen molar-refractivity contribution in [3.05, 3.63) is 95.7 Å². The van der Waals surface area contributed by atoms with E-state index >= 15 is 0 Å². The Morgan fingerprint density at radius 1 is 1.02 bits per heavy atom. The summed E-state index contributed by atoms with van der Waals surface area (Å²) in [4.78, 5) is 31.2. The molecule has 6 rings (SSSR count). The molecule has 0 aliphatic carbocycles. The molecule has 5 heterocycles. The minimum absolute atomic E-state index is 0.298. The van der Waals surface area contributed by atoms with Gasteiger partial charge in [-0.1, -0.05) is 12.1 Å². The first-order chi connectivity index (χ1) is 20.2. The van der Waals surface area contributed by atoms with Crippen molar-refractivity contribution >= 4 is 22.9 Å². The fraction of sp³-hybridized carbons (Fsp3) is 0.273. The van der Waals surface area contributed by atoms with Gasteiger partial charge in [0.1, 0.15) is 28.6 Å². The number of nitrogens with one attached hydrogen (secondary N) is 2. The van der Waals surface area contributed by atoms with Crippen LogP contribution < -0.4 is 10.1 Å². The Balaban J connectivity index is 1.24. The number of ether oxygens (including phenoxy) is 2. The zero-order valence-electron chi connectivity index (χ0n) is 24.3. The Kier molecular flexibility index (Phi) is 7.24. The van der Waals surface area contributed by atoms with Crippen LogP contribution in [0.4, 0.5) is 10.6 Å². The van der Waals surface area contributed by atoms with E-state index in [1.54, 1.807) is 17.3 Å². The SMILES string of the molecule is Cc1ccc(CNc2cc(-c3c[nH]c4nccc(Oc5ccc6c(c5)CN(C(=O)OC(C)(C)C)CC6)c34)ccn2)nc1. The third-order valence-electron chi connectivity index (χ3n) is 7.10. The zero-order chi connectivity index (χ0) is 29.3. The standard InChI is InChI=1S/C33H34N6O3/c1-21-5-7-25(36-17-21)18-37-29-16-23(9-12-34-29)27-19-38-31-30(27)28(10-13-35-31)41-26-8-6-22-11-14-39(20-24(22)15-26)32(40)42-33(2,3)4/h5-10,12-13,15-17,19H,11,14,18,20H2,1-4H3,(H,34,37)(H,35,38). The van der Waals surface area contributed by atoms with Gasteiger partial charge in [0.25, 0.3) is 0 Å². The number of H-pyrrole nitrogens is 1. The van der Waals surface area contributed by atoms with Gasteiger partial charge in [-0.2, -0.15) is 0 Å². The number of hydrogen-bond acceptors (Lipinski definition) is 7. The predicted molar refractivity (Wildman–Crippen MR) is 162 cm³/mol. The molecule has 0 spiro atoms. The molecule has 9 nitrogen and oxygen atoms in total. The molecule has 0 saturated carbocycles. The van der Waals surface area contributed by atoms with Crippen molar-refractivity contribution < 1.29 is 14.3 Å². The first kappa shape index (κ1) is 27.3. The minimum Gasteiger partial charge on any atom is -0.457 e. The van der Waals surface area contributed by atoms with Gasteiger partial charge < -0.3 is 24.7 Å². The van der Waals surface area contributed by atoms with E-state index in [4.69, 9.17) is 9.47 Å². The molecular formula is C33H34N6O3. The molecule has 0 fully saturated rings. The Hall–Kier alpha value is -4.92. The number of rotatable bonds is 6. The Morgan fingerprint density at radius 2 is 1.88 bits per heavy atom. The van der Waals surface area contributed by atoms with Gasteiger partial charge in [0, 0.05) is 43.4 Å². The normalized spacial score (nSPS) is 13.1. The summed E-state index contributed by atoms with van der Waals surface area (Å²) >= 11 is 0. The second-order valence-electron chi connectivity index (χ2n) is 11.5. The second kappa shape index (κ2) is 11.2. The maximum absolute atomic E-state index is 12.7. The van der Waals surface area contributed by atoms with Crippen molar-refractivity contribution in [1.29, 1.82) is 0 Å². The van der Waals surface area contributed by atoms with Crippen molar-refractivity contribution in [3.63, 3.8) is 0 Å². The number of aromatic nitrogens is 4. The van der Waals surface area contributed by atoms with Crippen LogP contribution >= 0.6 is 0 Å². The van der Waals surface area contributed by atoms with Crippen LogP contribution in [0, 0.1) is 6.92 Å². The molecule has 214 valence electrons. The molecule has 0 unspecified atom stereocenters. The van der Waals surface area contributed by atoms with Crippen LogP contribution in [0.1, 0.15) is 43.2 Å². The fourth-order valence-electron chi connectivity index (χ4n) is 5.02. The number of carbonyl (C=O) groups is 1. The largest absolute Gasteiger partial charge is 0.457 e. The molecule has 0 bridgehead atoms. The lowest BCUT2D eigenvalue weighted by molar-refractivity contribution is 0.0224. The van der Waals surface area contributed by atoms with E-state index in [9.17, 15) is 4.79 Å². The number of carbonyl (C=O) groups excluding carboxylic acids is 1. The maximum atomic E-state index is 12.7. The quantitative estimate of drug-likeness (QED) is 0.229. The summed E-state index contributed by atoms with van der Waals surface area (Å²) in [6.45, 7) is 9.35. The van der Waals surface area contributed by atoms with Gasteiger partial charge in [-0.05, 0) is 92.8 Å². The molecule has 0 radical (unpaired) electrons. The third-order valence-corrected chi connectivity index (χ3v) is 7.10. The lowest BCUT2D eigenvalue weighted by atomic mass is 10.00. The van der Waals surface area contributed by atoms with Crippen LogP contribution in [0.25, 0.3) is 22.2 Å². The molecule has 2 N–H and O–H groups in total. The summed E-state index contributed by atoms with van der Waals surface area (Å²) in [5.41, 5.74) is 6.47. The lowest BCUT2D eigenvalue weighted by Crippen LogP contribution is -2.39. The average molecular weight is 563 g/mol. The van der Waals surface area contributed by atoms with E-state index in [1.807, 2.05) is 82.6 Å². The number of amides is 1. The van der Waals surface area contributed by atoms with E-state index in [-0.39, 0.29) is 6.09 Å². The number of benzene rings is 1. The van der Waals surface area contributed by atoms with E-state index in [2.05, 4.69) is 31.3 Å². The van der Waals surface area contributed by atoms with Crippen molar-refractivity contribution in [3.8, 4) is 22.6 Å². The number of aryl methyl sites for hydroxylation is 1.